The first-order valence-electron chi connectivity index (χ1n) is 7.71. The van der Waals surface area contributed by atoms with E-state index in [0.29, 0.717) is 0 Å². The average Bonchev–Trinajstić information content (AvgIpc) is 2.65. The molecule has 0 unspecified atom stereocenters. The molecule has 0 amide bonds. The molecule has 8 nitrogen and oxygen atoms in total. The first kappa shape index (κ1) is 20.8. The van der Waals surface area contributed by atoms with Crippen molar-refractivity contribution in [3.8, 4) is 0 Å². The minimum absolute atomic E-state index is 0.00288. The molecule has 11 heteroatoms. The Morgan fingerprint density at radius 1 is 1.15 bits per heavy atom. The van der Waals surface area contributed by atoms with E-state index in [1.807, 2.05) is 0 Å². The van der Waals surface area contributed by atoms with E-state index in [1.165, 1.54) is 12.1 Å². The van der Waals surface area contributed by atoms with Gasteiger partial charge in [0.25, 0.3) is 5.56 Å². The highest BCUT2D eigenvalue weighted by atomic mass is 19.3. The fourth-order valence-electron chi connectivity index (χ4n) is 2.52. The number of nitrogens with zero attached hydrogens (tertiary/aromatic N) is 1. The lowest BCUT2D eigenvalue weighted by Crippen LogP contribution is -2.49. The van der Waals surface area contributed by atoms with Gasteiger partial charge in [0.05, 0.1) is 12.1 Å². The fourth-order valence-corrected chi connectivity index (χ4v) is 2.52. The molecule has 0 aliphatic rings. The molecule has 27 heavy (non-hydrogen) atoms. The summed E-state index contributed by atoms with van der Waals surface area (Å²) in [4.78, 5) is 22.8. The van der Waals surface area contributed by atoms with Gasteiger partial charge in [-0.05, 0) is 18.2 Å². The molecule has 4 atom stereocenters. The summed E-state index contributed by atoms with van der Waals surface area (Å²) in [6.07, 6.45) is -5.22. The number of aliphatic hydroxyl groups is 4. The van der Waals surface area contributed by atoms with Crippen LogP contribution in [0.4, 0.5) is 18.9 Å². The standard InChI is InChI=1S/C16H17F3N2O6/c17-9-3-7-1-2-8(4-11(7)21(15(9)27)16(18)19)20-10(5-22)13(25)14(26)12(24)6-23/h1-5,10,12-14,16,20,23-26H,6H2/t10-,12+,13+,14+/m0/s1/i17-1. The van der Waals surface area contributed by atoms with E-state index in [-0.39, 0.29) is 27.4 Å². The number of benzene rings is 1. The van der Waals surface area contributed by atoms with Crippen molar-refractivity contribution in [2.75, 3.05) is 11.9 Å². The quantitative estimate of drug-likeness (QED) is 0.388. The minimum Gasteiger partial charge on any atom is -0.394 e. The number of halogens is 3. The highest BCUT2D eigenvalue weighted by Gasteiger charge is 2.31. The zero-order valence-corrected chi connectivity index (χ0v) is 13.7. The van der Waals surface area contributed by atoms with Gasteiger partial charge in [0.1, 0.15) is 30.6 Å². The van der Waals surface area contributed by atoms with E-state index in [4.69, 9.17) is 5.11 Å². The van der Waals surface area contributed by atoms with Gasteiger partial charge in [-0.2, -0.15) is 8.78 Å². The first-order chi connectivity index (χ1) is 12.7. The molecule has 2 aromatic rings. The van der Waals surface area contributed by atoms with Crippen LogP contribution in [0.3, 0.4) is 0 Å². The van der Waals surface area contributed by atoms with Crippen LogP contribution in [0.1, 0.15) is 6.55 Å². The SMILES string of the molecule is O=C[C@H](Nc1ccc2cc([18F])c(=O)n(C(F)F)c2c1)[C@@H](O)[C@H](O)[C@H](O)CO. The first-order valence-corrected chi connectivity index (χ1v) is 7.71. The average molecular weight is 389 g/mol. The Morgan fingerprint density at radius 3 is 2.37 bits per heavy atom. The third kappa shape index (κ3) is 4.27. The Kier molecular flexibility index (Phi) is 6.54. The lowest BCUT2D eigenvalue weighted by atomic mass is 10.0. The van der Waals surface area contributed by atoms with Crippen molar-refractivity contribution in [2.45, 2.75) is 30.9 Å². The highest BCUT2D eigenvalue weighted by molar-refractivity contribution is 5.83. The zero-order chi connectivity index (χ0) is 20.3. The summed E-state index contributed by atoms with van der Waals surface area (Å²) in [5, 5.41) is 40.2. The van der Waals surface area contributed by atoms with Gasteiger partial charge < -0.3 is 30.5 Å². The van der Waals surface area contributed by atoms with E-state index >= 15 is 0 Å². The van der Waals surface area contributed by atoms with Gasteiger partial charge >= 0.3 is 6.55 Å². The number of carbonyl (C=O) groups is 1. The Labute approximate surface area is 150 Å². The van der Waals surface area contributed by atoms with E-state index in [1.54, 1.807) is 0 Å². The molecular formula is C16H17F3N2O6. The number of hydrogen-bond donors (Lipinski definition) is 5. The molecule has 1 heterocycles. The molecule has 0 saturated heterocycles. The predicted octanol–water partition coefficient (Wildman–Crippen LogP) is -0.410. The van der Waals surface area contributed by atoms with Gasteiger partial charge in [-0.15, -0.1) is 0 Å². The van der Waals surface area contributed by atoms with Crippen molar-refractivity contribution in [1.29, 1.82) is 0 Å². The molecular weight excluding hydrogens is 372 g/mol. The molecule has 1 aromatic carbocycles. The summed E-state index contributed by atoms with van der Waals surface area (Å²) >= 11 is 0. The monoisotopic (exact) mass is 389 g/mol. The molecule has 1 aromatic heterocycles. The summed E-state index contributed by atoms with van der Waals surface area (Å²) in [6, 6.07) is 2.84. The number of fused-ring (bicyclic) bond motifs is 1. The van der Waals surface area contributed by atoms with Crippen LogP contribution >= 0.6 is 0 Å². The van der Waals surface area contributed by atoms with Gasteiger partial charge in [0.15, 0.2) is 5.82 Å². The number of pyridine rings is 1. The number of nitrogens with one attached hydrogen (secondary N) is 1. The van der Waals surface area contributed by atoms with Crippen molar-refractivity contribution in [2.24, 2.45) is 0 Å². The molecule has 0 fully saturated rings. The lowest BCUT2D eigenvalue weighted by Gasteiger charge is -2.27. The highest BCUT2D eigenvalue weighted by Crippen LogP contribution is 2.23. The summed E-state index contributed by atoms with van der Waals surface area (Å²) in [6.45, 7) is -4.19. The second kappa shape index (κ2) is 8.48. The number of anilines is 1. The predicted molar refractivity (Wildman–Crippen MR) is 88.0 cm³/mol. The van der Waals surface area contributed by atoms with Gasteiger partial charge in [-0.25, -0.2) is 8.96 Å². The molecule has 0 spiro atoms. The molecule has 0 aliphatic carbocycles. The number of alkyl halides is 2. The fraction of sp³-hybridized carbons (Fsp3) is 0.375. The number of aliphatic hydroxyl groups excluding tert-OH is 4. The van der Waals surface area contributed by atoms with Crippen LogP contribution in [0.25, 0.3) is 10.9 Å². The van der Waals surface area contributed by atoms with Crippen molar-refractivity contribution >= 4 is 22.9 Å². The number of carbonyl (C=O) groups excluding carboxylic acids is 1. The third-order valence-corrected chi connectivity index (χ3v) is 3.97. The molecule has 0 saturated carbocycles. The van der Waals surface area contributed by atoms with Gasteiger partial charge in [0.2, 0.25) is 0 Å². The van der Waals surface area contributed by atoms with Gasteiger partial charge in [-0.1, -0.05) is 6.07 Å². The van der Waals surface area contributed by atoms with Crippen LogP contribution in [0.15, 0.2) is 29.1 Å². The summed E-state index contributed by atoms with van der Waals surface area (Å²) < 4.78 is 39.8. The summed E-state index contributed by atoms with van der Waals surface area (Å²) in [7, 11) is 0. The van der Waals surface area contributed by atoms with Crippen molar-refractivity contribution < 1.29 is 38.4 Å². The van der Waals surface area contributed by atoms with Crippen LogP contribution < -0.4 is 10.9 Å². The van der Waals surface area contributed by atoms with Gasteiger partial charge in [-0.3, -0.25) is 4.79 Å². The normalized spacial score (nSPS) is 16.1. The maximum absolute atomic E-state index is 13.5. The van der Waals surface area contributed by atoms with Crippen LogP contribution in [0, 0.1) is 5.82 Å². The molecule has 148 valence electrons. The maximum Gasteiger partial charge on any atom is 0.321 e. The Hall–Kier alpha value is -2.47. The second-order valence-electron chi connectivity index (χ2n) is 5.76. The topological polar surface area (TPSA) is 132 Å². The zero-order valence-electron chi connectivity index (χ0n) is 13.7. The lowest BCUT2D eigenvalue weighted by molar-refractivity contribution is -0.117. The largest absolute Gasteiger partial charge is 0.394 e. The number of rotatable bonds is 8. The summed E-state index contributed by atoms with van der Waals surface area (Å²) in [5.41, 5.74) is -1.84. The second-order valence-corrected chi connectivity index (χ2v) is 5.76. The van der Waals surface area contributed by atoms with E-state index in [2.05, 4.69) is 5.32 Å². The number of aldehydes is 1. The van der Waals surface area contributed by atoms with E-state index in [0.717, 1.165) is 12.1 Å². The smallest absolute Gasteiger partial charge is 0.321 e. The van der Waals surface area contributed by atoms with Crippen LogP contribution in [-0.4, -0.2) is 62.2 Å². The van der Waals surface area contributed by atoms with Crippen molar-refractivity contribution in [1.82, 2.24) is 4.57 Å². The van der Waals surface area contributed by atoms with Gasteiger partial charge in [0, 0.05) is 11.1 Å². The third-order valence-electron chi connectivity index (χ3n) is 3.97. The van der Waals surface area contributed by atoms with E-state index < -0.39 is 48.9 Å². The molecule has 0 radical (unpaired) electrons. The number of aromatic nitrogens is 1. The summed E-state index contributed by atoms with van der Waals surface area (Å²) in [5.74, 6) is -1.36. The van der Waals surface area contributed by atoms with Crippen LogP contribution in [0.2, 0.25) is 0 Å². The Morgan fingerprint density at radius 2 is 1.81 bits per heavy atom. The van der Waals surface area contributed by atoms with Crippen LogP contribution in [0.5, 0.6) is 0 Å². The van der Waals surface area contributed by atoms with Crippen LogP contribution in [-0.2, 0) is 4.79 Å². The molecule has 2 rings (SSSR count). The van der Waals surface area contributed by atoms with Crippen molar-refractivity contribution in [3.63, 3.8) is 0 Å². The minimum atomic E-state index is -3.32. The number of hydrogen-bond acceptors (Lipinski definition) is 7. The van der Waals surface area contributed by atoms with E-state index in [9.17, 15) is 38.1 Å². The van der Waals surface area contributed by atoms with Crippen molar-refractivity contribution in [3.05, 3.63) is 40.4 Å². The molecule has 0 aliphatic heterocycles. The Balaban J connectivity index is 2.41. The molecule has 5 N–H and O–H groups in total. The Bertz CT molecular complexity index is 875. The molecule has 0 bridgehead atoms. The maximum atomic E-state index is 13.5.